The molecule has 0 amide bonds. The molecule has 14 heavy (non-hydrogen) atoms. The molecule has 1 nitrogen and oxygen atoms in total. The summed E-state index contributed by atoms with van der Waals surface area (Å²) < 4.78 is 0. The quantitative estimate of drug-likeness (QED) is 0.744. The van der Waals surface area contributed by atoms with Crippen molar-refractivity contribution in [1.29, 1.82) is 0 Å². The highest BCUT2D eigenvalue weighted by molar-refractivity contribution is 6.31. The highest BCUT2D eigenvalue weighted by Gasteiger charge is 2.12. The van der Waals surface area contributed by atoms with E-state index in [0.717, 1.165) is 17.0 Å². The lowest BCUT2D eigenvalue weighted by molar-refractivity contribution is -0.122. The van der Waals surface area contributed by atoms with Crippen molar-refractivity contribution >= 4 is 17.4 Å². The van der Waals surface area contributed by atoms with Gasteiger partial charge in [0.1, 0.15) is 5.78 Å². The van der Waals surface area contributed by atoms with Crippen molar-refractivity contribution in [3.63, 3.8) is 0 Å². The zero-order valence-corrected chi connectivity index (χ0v) is 9.34. The summed E-state index contributed by atoms with van der Waals surface area (Å²) in [5, 5.41) is 0.753. The average molecular weight is 211 g/mol. The summed E-state index contributed by atoms with van der Waals surface area (Å²) in [6.07, 6.45) is 1.35. The first-order valence-corrected chi connectivity index (χ1v) is 5.29. The van der Waals surface area contributed by atoms with Gasteiger partial charge in [0.15, 0.2) is 0 Å². The third-order valence-corrected chi connectivity index (χ3v) is 2.75. The molecular formula is C12H15ClO. The van der Waals surface area contributed by atoms with Gasteiger partial charge in [0.25, 0.3) is 0 Å². The first-order valence-electron chi connectivity index (χ1n) is 4.91. The molecule has 0 bridgehead atoms. The van der Waals surface area contributed by atoms with Gasteiger partial charge in [0.2, 0.25) is 0 Å². The number of benzene rings is 1. The molecule has 0 spiro atoms. The Balaban J connectivity index is 2.69. The van der Waals surface area contributed by atoms with E-state index in [-0.39, 0.29) is 5.92 Å². The van der Waals surface area contributed by atoms with E-state index in [1.54, 1.807) is 0 Å². The maximum absolute atomic E-state index is 11.4. The Morgan fingerprint density at radius 3 is 2.64 bits per heavy atom. The zero-order chi connectivity index (χ0) is 10.6. The molecule has 1 unspecified atom stereocenters. The van der Waals surface area contributed by atoms with Gasteiger partial charge in [-0.25, -0.2) is 0 Å². The van der Waals surface area contributed by atoms with E-state index >= 15 is 0 Å². The van der Waals surface area contributed by atoms with Gasteiger partial charge in [0, 0.05) is 17.4 Å². The standard InChI is InChI=1S/C12H15ClO/c1-3-12(14)9(2)8-10-6-4-5-7-11(10)13/h4-7,9H,3,8H2,1-2H3. The summed E-state index contributed by atoms with van der Waals surface area (Å²) in [4.78, 5) is 11.4. The minimum atomic E-state index is 0.0694. The maximum atomic E-state index is 11.4. The smallest absolute Gasteiger partial charge is 0.135 e. The van der Waals surface area contributed by atoms with E-state index in [4.69, 9.17) is 11.6 Å². The van der Waals surface area contributed by atoms with E-state index in [9.17, 15) is 4.79 Å². The number of hydrogen-bond acceptors (Lipinski definition) is 1. The highest BCUT2D eigenvalue weighted by atomic mass is 35.5. The van der Waals surface area contributed by atoms with Gasteiger partial charge in [-0.05, 0) is 18.1 Å². The summed E-state index contributed by atoms with van der Waals surface area (Å²) >= 11 is 6.00. The van der Waals surface area contributed by atoms with E-state index in [2.05, 4.69) is 0 Å². The second-order valence-electron chi connectivity index (χ2n) is 3.52. The molecule has 0 aliphatic carbocycles. The molecule has 76 valence electrons. The van der Waals surface area contributed by atoms with E-state index < -0.39 is 0 Å². The molecular weight excluding hydrogens is 196 g/mol. The fourth-order valence-electron chi connectivity index (χ4n) is 1.46. The van der Waals surface area contributed by atoms with Crippen LogP contribution in [-0.4, -0.2) is 5.78 Å². The van der Waals surface area contributed by atoms with Gasteiger partial charge in [-0.2, -0.15) is 0 Å². The Bertz CT molecular complexity index is 320. The average Bonchev–Trinajstić information content (AvgIpc) is 2.20. The lowest BCUT2D eigenvalue weighted by Gasteiger charge is -2.09. The maximum Gasteiger partial charge on any atom is 0.135 e. The van der Waals surface area contributed by atoms with Crippen LogP contribution in [0.2, 0.25) is 5.02 Å². The molecule has 0 heterocycles. The number of Topliss-reactive ketones (excluding diaryl/α,β-unsaturated/α-hetero) is 1. The molecule has 0 radical (unpaired) electrons. The van der Waals surface area contributed by atoms with Crippen LogP contribution in [0.15, 0.2) is 24.3 Å². The fourth-order valence-corrected chi connectivity index (χ4v) is 1.67. The SMILES string of the molecule is CCC(=O)C(C)Cc1ccccc1Cl. The number of ketones is 1. The van der Waals surface area contributed by atoms with Gasteiger partial charge in [-0.3, -0.25) is 4.79 Å². The predicted octanol–water partition coefficient (Wildman–Crippen LogP) is 3.50. The molecule has 1 rings (SSSR count). The van der Waals surface area contributed by atoms with Crippen LogP contribution in [0.25, 0.3) is 0 Å². The third kappa shape index (κ3) is 2.85. The van der Waals surface area contributed by atoms with Crippen LogP contribution in [0.4, 0.5) is 0 Å². The van der Waals surface area contributed by atoms with E-state index in [0.29, 0.717) is 12.2 Å². The molecule has 2 heteroatoms. The minimum absolute atomic E-state index is 0.0694. The molecule has 0 saturated heterocycles. The van der Waals surface area contributed by atoms with Crippen molar-refractivity contribution in [2.45, 2.75) is 26.7 Å². The lowest BCUT2D eigenvalue weighted by Crippen LogP contribution is -2.12. The third-order valence-electron chi connectivity index (χ3n) is 2.38. The molecule has 0 aliphatic rings. The van der Waals surface area contributed by atoms with E-state index in [1.165, 1.54) is 0 Å². The van der Waals surface area contributed by atoms with Crippen molar-refractivity contribution in [2.75, 3.05) is 0 Å². The van der Waals surface area contributed by atoms with E-state index in [1.807, 2.05) is 38.1 Å². The van der Waals surface area contributed by atoms with Crippen LogP contribution in [-0.2, 0) is 11.2 Å². The Hall–Kier alpha value is -0.820. The van der Waals surface area contributed by atoms with Gasteiger partial charge >= 0.3 is 0 Å². The van der Waals surface area contributed by atoms with Crippen LogP contribution < -0.4 is 0 Å². The lowest BCUT2D eigenvalue weighted by atomic mass is 9.96. The highest BCUT2D eigenvalue weighted by Crippen LogP contribution is 2.19. The molecule has 1 aromatic carbocycles. The summed E-state index contributed by atoms with van der Waals surface area (Å²) in [7, 11) is 0. The molecule has 0 N–H and O–H groups in total. The zero-order valence-electron chi connectivity index (χ0n) is 8.59. The van der Waals surface area contributed by atoms with Crippen LogP contribution >= 0.6 is 11.6 Å². The van der Waals surface area contributed by atoms with Gasteiger partial charge < -0.3 is 0 Å². The number of carbonyl (C=O) groups is 1. The van der Waals surface area contributed by atoms with Crippen molar-refractivity contribution in [2.24, 2.45) is 5.92 Å². The molecule has 1 atom stereocenters. The van der Waals surface area contributed by atoms with Crippen LogP contribution in [0.1, 0.15) is 25.8 Å². The summed E-state index contributed by atoms with van der Waals surface area (Å²) in [6, 6.07) is 7.68. The van der Waals surface area contributed by atoms with Gasteiger partial charge in [0.05, 0.1) is 0 Å². The summed E-state index contributed by atoms with van der Waals surface area (Å²) in [5.74, 6) is 0.366. The predicted molar refractivity (Wildman–Crippen MR) is 59.6 cm³/mol. The minimum Gasteiger partial charge on any atom is -0.299 e. The number of halogens is 1. The van der Waals surface area contributed by atoms with Gasteiger partial charge in [-0.1, -0.05) is 43.6 Å². The summed E-state index contributed by atoms with van der Waals surface area (Å²) in [6.45, 7) is 3.85. The second kappa shape index (κ2) is 5.16. The molecule has 1 aromatic rings. The molecule has 0 aliphatic heterocycles. The largest absolute Gasteiger partial charge is 0.299 e. The topological polar surface area (TPSA) is 17.1 Å². The monoisotopic (exact) mass is 210 g/mol. The Morgan fingerprint density at radius 1 is 1.43 bits per heavy atom. The second-order valence-corrected chi connectivity index (χ2v) is 3.92. The van der Waals surface area contributed by atoms with Gasteiger partial charge in [-0.15, -0.1) is 0 Å². The first-order chi connectivity index (χ1) is 6.65. The Morgan fingerprint density at radius 2 is 2.07 bits per heavy atom. The van der Waals surface area contributed by atoms with Crippen molar-refractivity contribution in [1.82, 2.24) is 0 Å². The summed E-state index contributed by atoms with van der Waals surface area (Å²) in [5.41, 5.74) is 1.06. The fraction of sp³-hybridized carbons (Fsp3) is 0.417. The van der Waals surface area contributed by atoms with Crippen LogP contribution in [0.3, 0.4) is 0 Å². The number of rotatable bonds is 4. The van der Waals surface area contributed by atoms with Crippen molar-refractivity contribution in [3.8, 4) is 0 Å². The number of hydrogen-bond donors (Lipinski definition) is 0. The molecule has 0 fully saturated rings. The number of carbonyl (C=O) groups excluding carboxylic acids is 1. The molecule has 0 saturated carbocycles. The van der Waals surface area contributed by atoms with Crippen molar-refractivity contribution in [3.05, 3.63) is 34.9 Å². The van der Waals surface area contributed by atoms with Crippen LogP contribution in [0.5, 0.6) is 0 Å². The van der Waals surface area contributed by atoms with Crippen LogP contribution in [0, 0.1) is 5.92 Å². The Labute approximate surface area is 90.1 Å². The Kier molecular flexibility index (Phi) is 4.15. The first kappa shape index (κ1) is 11.3. The normalized spacial score (nSPS) is 12.5. The van der Waals surface area contributed by atoms with Crippen molar-refractivity contribution < 1.29 is 4.79 Å². The molecule has 0 aromatic heterocycles.